The molecule has 2 heterocycles. The quantitative estimate of drug-likeness (QED) is 0.770. The van der Waals surface area contributed by atoms with Gasteiger partial charge in [0.2, 0.25) is 0 Å². The molecule has 1 amide bonds. The van der Waals surface area contributed by atoms with E-state index in [4.69, 9.17) is 4.74 Å². The summed E-state index contributed by atoms with van der Waals surface area (Å²) in [5, 5.41) is 7.01. The van der Waals surface area contributed by atoms with Crippen molar-refractivity contribution in [3.8, 4) is 5.69 Å². The number of halogens is 1. The molecule has 3 rings (SSSR count). The second-order valence-electron chi connectivity index (χ2n) is 5.50. The fourth-order valence-electron chi connectivity index (χ4n) is 2.66. The van der Waals surface area contributed by atoms with Crippen LogP contribution in [0.5, 0.6) is 0 Å². The number of benzene rings is 1. The van der Waals surface area contributed by atoms with Crippen LogP contribution in [0.3, 0.4) is 0 Å². The number of tetrazole rings is 1. The highest BCUT2D eigenvalue weighted by molar-refractivity contribution is 5.75. The van der Waals surface area contributed by atoms with E-state index >= 15 is 0 Å². The molecule has 0 radical (unpaired) electrons. The van der Waals surface area contributed by atoms with E-state index in [9.17, 15) is 14.0 Å². The normalized spacial score (nSPS) is 21.4. The van der Waals surface area contributed by atoms with Gasteiger partial charge in [-0.2, -0.15) is 4.68 Å². The molecule has 8 nitrogen and oxygen atoms in total. The van der Waals surface area contributed by atoms with Gasteiger partial charge in [-0.15, -0.1) is 0 Å². The Morgan fingerprint density at radius 2 is 2.00 bits per heavy atom. The number of amides is 1. The van der Waals surface area contributed by atoms with Crippen LogP contribution < -0.4 is 5.69 Å². The molecule has 2 aromatic rings. The number of rotatable bonds is 1. The van der Waals surface area contributed by atoms with Crippen molar-refractivity contribution in [1.82, 2.24) is 24.7 Å². The van der Waals surface area contributed by atoms with Crippen molar-refractivity contribution in [2.24, 2.45) is 0 Å². The van der Waals surface area contributed by atoms with Gasteiger partial charge in [-0.3, -0.25) is 0 Å². The van der Waals surface area contributed by atoms with Crippen molar-refractivity contribution >= 4 is 6.03 Å². The second kappa shape index (κ2) is 5.92. The molecule has 2 atom stereocenters. The van der Waals surface area contributed by atoms with E-state index in [2.05, 4.69) is 10.3 Å². The fraction of sp³-hybridized carbons (Fsp3) is 0.429. The van der Waals surface area contributed by atoms with Gasteiger partial charge in [0, 0.05) is 13.1 Å². The average Bonchev–Trinajstić information content (AvgIpc) is 2.87. The molecule has 1 fully saturated rings. The van der Waals surface area contributed by atoms with Crippen molar-refractivity contribution in [3.05, 3.63) is 40.6 Å². The van der Waals surface area contributed by atoms with Crippen LogP contribution in [-0.2, 0) is 4.74 Å². The van der Waals surface area contributed by atoms with Crippen LogP contribution in [-0.4, -0.2) is 56.0 Å². The molecule has 23 heavy (non-hydrogen) atoms. The van der Waals surface area contributed by atoms with Gasteiger partial charge in [0.05, 0.1) is 17.9 Å². The molecule has 0 spiro atoms. The largest absolute Gasteiger partial charge is 0.389 e. The van der Waals surface area contributed by atoms with Crippen LogP contribution in [0, 0.1) is 5.82 Å². The number of aromatic nitrogens is 4. The molecule has 0 bridgehead atoms. The van der Waals surface area contributed by atoms with E-state index in [1.54, 1.807) is 0 Å². The maximum Gasteiger partial charge on any atom is 0.389 e. The highest BCUT2D eigenvalue weighted by Crippen LogP contribution is 2.13. The third-order valence-corrected chi connectivity index (χ3v) is 3.50. The molecule has 1 aromatic carbocycles. The lowest BCUT2D eigenvalue weighted by molar-refractivity contribution is -0.0551. The lowest BCUT2D eigenvalue weighted by Gasteiger charge is -2.34. The third kappa shape index (κ3) is 3.00. The Morgan fingerprint density at radius 1 is 1.30 bits per heavy atom. The van der Waals surface area contributed by atoms with Gasteiger partial charge in [-0.1, -0.05) is 16.0 Å². The van der Waals surface area contributed by atoms with Crippen LogP contribution >= 0.6 is 0 Å². The highest BCUT2D eigenvalue weighted by Gasteiger charge is 2.29. The summed E-state index contributed by atoms with van der Waals surface area (Å²) in [7, 11) is 0. The van der Waals surface area contributed by atoms with Crippen molar-refractivity contribution in [2.75, 3.05) is 13.1 Å². The van der Waals surface area contributed by atoms with Crippen LogP contribution in [0.25, 0.3) is 5.69 Å². The van der Waals surface area contributed by atoms with Crippen LogP contribution in [0.1, 0.15) is 13.8 Å². The number of hydrogen-bond acceptors (Lipinski definition) is 5. The molecular formula is C14H16FN5O3. The minimum absolute atomic E-state index is 0.124. The van der Waals surface area contributed by atoms with E-state index in [-0.39, 0.29) is 17.9 Å². The summed E-state index contributed by atoms with van der Waals surface area (Å²) in [5.41, 5.74) is -0.569. The van der Waals surface area contributed by atoms with Gasteiger partial charge in [0.1, 0.15) is 5.82 Å². The Bertz CT molecular complexity index is 777. The molecule has 1 aliphatic heterocycles. The van der Waals surface area contributed by atoms with Crippen molar-refractivity contribution in [2.45, 2.75) is 26.1 Å². The number of ether oxygens (including phenoxy) is 1. The van der Waals surface area contributed by atoms with E-state index in [1.807, 2.05) is 13.8 Å². The molecule has 122 valence electrons. The standard InChI is InChI=1S/C14H16FN5O3/c1-9-7-18(8-10(2)23-9)14(22)20-17-16-13(21)19(20)12-5-3-4-11(15)6-12/h3-6,9-10H,7-8H2,1-2H3/t9-,10+. The maximum atomic E-state index is 13.4. The Hall–Kier alpha value is -2.55. The van der Waals surface area contributed by atoms with E-state index in [0.29, 0.717) is 13.1 Å². The number of morpholine rings is 1. The molecule has 0 aliphatic carbocycles. The zero-order chi connectivity index (χ0) is 16.6. The Labute approximate surface area is 131 Å². The number of nitrogens with zero attached hydrogens (tertiary/aromatic N) is 5. The summed E-state index contributed by atoms with van der Waals surface area (Å²) in [4.78, 5) is 27.0. The molecular weight excluding hydrogens is 305 g/mol. The molecule has 1 saturated heterocycles. The lowest BCUT2D eigenvalue weighted by Crippen LogP contribution is -2.50. The van der Waals surface area contributed by atoms with Gasteiger partial charge < -0.3 is 9.64 Å². The van der Waals surface area contributed by atoms with Crippen molar-refractivity contribution < 1.29 is 13.9 Å². The molecule has 0 unspecified atom stereocenters. The van der Waals surface area contributed by atoms with Gasteiger partial charge in [-0.25, -0.2) is 14.0 Å². The van der Waals surface area contributed by atoms with E-state index in [1.165, 1.54) is 23.1 Å². The van der Waals surface area contributed by atoms with Gasteiger partial charge in [0.15, 0.2) is 0 Å². The summed E-state index contributed by atoms with van der Waals surface area (Å²) in [6, 6.07) is 4.82. The van der Waals surface area contributed by atoms with Crippen molar-refractivity contribution in [1.29, 1.82) is 0 Å². The minimum Gasteiger partial charge on any atom is -0.372 e. The Morgan fingerprint density at radius 3 is 2.65 bits per heavy atom. The monoisotopic (exact) mass is 321 g/mol. The van der Waals surface area contributed by atoms with Crippen LogP contribution in [0.4, 0.5) is 9.18 Å². The van der Waals surface area contributed by atoms with E-state index < -0.39 is 17.5 Å². The first-order valence-electron chi connectivity index (χ1n) is 7.21. The summed E-state index contributed by atoms with van der Waals surface area (Å²) >= 11 is 0. The topological polar surface area (TPSA) is 82.3 Å². The van der Waals surface area contributed by atoms with Crippen molar-refractivity contribution in [3.63, 3.8) is 0 Å². The van der Waals surface area contributed by atoms with Crippen LogP contribution in [0.2, 0.25) is 0 Å². The number of carbonyl (C=O) groups is 1. The summed E-state index contributed by atoms with van der Waals surface area (Å²) in [5.74, 6) is -0.525. The Balaban J connectivity index is 1.98. The van der Waals surface area contributed by atoms with Gasteiger partial charge in [0.25, 0.3) is 0 Å². The molecule has 1 aromatic heterocycles. The first-order chi connectivity index (χ1) is 11.0. The second-order valence-corrected chi connectivity index (χ2v) is 5.50. The summed E-state index contributed by atoms with van der Waals surface area (Å²) in [6.07, 6.45) is -0.249. The van der Waals surface area contributed by atoms with Crippen LogP contribution in [0.15, 0.2) is 29.1 Å². The highest BCUT2D eigenvalue weighted by atomic mass is 19.1. The van der Waals surface area contributed by atoms with Gasteiger partial charge in [-0.05, 0) is 37.3 Å². The smallest absolute Gasteiger partial charge is 0.372 e. The average molecular weight is 321 g/mol. The van der Waals surface area contributed by atoms with E-state index in [0.717, 1.165) is 15.5 Å². The Kier molecular flexibility index (Phi) is 3.95. The zero-order valence-electron chi connectivity index (χ0n) is 12.7. The summed E-state index contributed by atoms with van der Waals surface area (Å²) < 4.78 is 19.9. The first-order valence-corrected chi connectivity index (χ1v) is 7.21. The lowest BCUT2D eigenvalue weighted by atomic mass is 10.2. The predicted octanol–water partition coefficient (Wildman–Crippen LogP) is 0.645. The minimum atomic E-state index is -0.752. The first kappa shape index (κ1) is 15.3. The SMILES string of the molecule is C[C@@H]1CN(C(=O)n2nnc(=O)n2-c2cccc(F)c2)C[C@H](C)O1. The van der Waals surface area contributed by atoms with Gasteiger partial charge >= 0.3 is 11.7 Å². The zero-order valence-corrected chi connectivity index (χ0v) is 12.7. The molecule has 1 aliphatic rings. The predicted molar refractivity (Wildman–Crippen MR) is 78.0 cm³/mol. The molecule has 9 heteroatoms. The molecule has 0 saturated carbocycles. The summed E-state index contributed by atoms with van der Waals surface area (Å²) in [6.45, 7) is 4.47. The third-order valence-electron chi connectivity index (χ3n) is 3.50. The number of carbonyl (C=O) groups excluding carboxylic acids is 1. The fourth-order valence-corrected chi connectivity index (χ4v) is 2.66. The number of hydrogen-bond donors (Lipinski definition) is 0. The molecule has 0 N–H and O–H groups in total. The maximum absolute atomic E-state index is 13.4.